The third-order valence-electron chi connectivity index (χ3n) is 4.13. The van der Waals surface area contributed by atoms with Gasteiger partial charge in [-0.25, -0.2) is 4.98 Å². The second-order valence-corrected chi connectivity index (χ2v) is 6.36. The van der Waals surface area contributed by atoms with Gasteiger partial charge in [-0.2, -0.15) is 0 Å². The molecule has 3 aromatic rings. The molecule has 0 spiro atoms. The maximum Gasteiger partial charge on any atom is 0.251 e. The van der Waals surface area contributed by atoms with Crippen molar-refractivity contribution in [2.45, 2.75) is 6.42 Å². The lowest BCUT2D eigenvalue weighted by molar-refractivity contribution is -0.113. The number of hydrogen-bond acceptors (Lipinski definition) is 3. The number of ether oxygens (including phenoxy) is 1. The van der Waals surface area contributed by atoms with E-state index in [0.29, 0.717) is 23.6 Å². The number of hydrogen-bond donors (Lipinski definition) is 1. The molecule has 0 saturated heterocycles. The van der Waals surface area contributed by atoms with E-state index in [4.69, 9.17) is 16.3 Å². The van der Waals surface area contributed by atoms with Gasteiger partial charge in [-0.05, 0) is 42.5 Å². The Hall–Kier alpha value is -3.05. The molecule has 6 heteroatoms. The standard InChI is InChI=1S/C20H16ClN3O2/c21-16-4-5-19-15(11-16)10-14(6-9-26-19)20(25)23-17-2-1-3-18(12-17)24-8-7-22-13-24/h1-5,7-8,10-13H,6,9H2,(H,23,25). The highest BCUT2D eigenvalue weighted by Crippen LogP contribution is 2.29. The summed E-state index contributed by atoms with van der Waals surface area (Å²) in [6.07, 6.45) is 7.65. The lowest BCUT2D eigenvalue weighted by Gasteiger charge is -2.09. The van der Waals surface area contributed by atoms with Crippen molar-refractivity contribution in [1.82, 2.24) is 9.55 Å². The van der Waals surface area contributed by atoms with Gasteiger partial charge in [-0.3, -0.25) is 4.79 Å². The summed E-state index contributed by atoms with van der Waals surface area (Å²) in [6.45, 7) is 0.447. The fourth-order valence-corrected chi connectivity index (χ4v) is 3.02. The van der Waals surface area contributed by atoms with Crippen molar-refractivity contribution >= 4 is 29.3 Å². The Morgan fingerprint density at radius 3 is 3.00 bits per heavy atom. The summed E-state index contributed by atoms with van der Waals surface area (Å²) in [5, 5.41) is 3.57. The molecule has 0 fully saturated rings. The first-order valence-corrected chi connectivity index (χ1v) is 8.59. The second-order valence-electron chi connectivity index (χ2n) is 5.92. The van der Waals surface area contributed by atoms with E-state index in [0.717, 1.165) is 22.7 Å². The second kappa shape index (κ2) is 7.06. The average Bonchev–Trinajstić information content (AvgIpc) is 3.09. The molecule has 130 valence electrons. The van der Waals surface area contributed by atoms with E-state index in [9.17, 15) is 4.79 Å². The minimum atomic E-state index is -0.149. The number of nitrogens with zero attached hydrogens (tertiary/aromatic N) is 2. The highest BCUT2D eigenvalue weighted by atomic mass is 35.5. The first-order chi connectivity index (χ1) is 12.7. The molecular weight excluding hydrogens is 350 g/mol. The van der Waals surface area contributed by atoms with E-state index in [1.807, 2.05) is 47.2 Å². The minimum Gasteiger partial charge on any atom is -0.493 e. The van der Waals surface area contributed by atoms with Crippen LogP contribution in [0.2, 0.25) is 5.02 Å². The topological polar surface area (TPSA) is 56.2 Å². The Morgan fingerprint density at radius 2 is 2.15 bits per heavy atom. The van der Waals surface area contributed by atoms with Gasteiger partial charge in [0.25, 0.3) is 5.91 Å². The normalized spacial score (nSPS) is 13.2. The number of imidazole rings is 1. The molecule has 1 aliphatic rings. The fraction of sp³-hybridized carbons (Fsp3) is 0.100. The lowest BCUT2D eigenvalue weighted by Crippen LogP contribution is -2.15. The number of carbonyl (C=O) groups is 1. The monoisotopic (exact) mass is 365 g/mol. The zero-order valence-corrected chi connectivity index (χ0v) is 14.6. The van der Waals surface area contributed by atoms with Gasteiger partial charge >= 0.3 is 0 Å². The summed E-state index contributed by atoms with van der Waals surface area (Å²) in [7, 11) is 0. The van der Waals surface area contributed by atoms with E-state index in [-0.39, 0.29) is 5.91 Å². The molecule has 1 aromatic heterocycles. The molecule has 4 rings (SSSR count). The summed E-state index contributed by atoms with van der Waals surface area (Å²) in [6, 6.07) is 13.0. The zero-order valence-electron chi connectivity index (χ0n) is 13.9. The molecule has 0 bridgehead atoms. The van der Waals surface area contributed by atoms with Crippen LogP contribution in [0, 0.1) is 0 Å². The smallest absolute Gasteiger partial charge is 0.251 e. The summed E-state index contributed by atoms with van der Waals surface area (Å²) in [4.78, 5) is 16.8. The van der Waals surface area contributed by atoms with Crippen LogP contribution in [0.4, 0.5) is 5.69 Å². The molecular formula is C20H16ClN3O2. The average molecular weight is 366 g/mol. The van der Waals surface area contributed by atoms with Crippen molar-refractivity contribution in [3.05, 3.63) is 77.3 Å². The number of nitrogens with one attached hydrogen (secondary N) is 1. The number of carbonyl (C=O) groups excluding carboxylic acids is 1. The van der Waals surface area contributed by atoms with Crippen molar-refractivity contribution in [3.8, 4) is 11.4 Å². The van der Waals surface area contributed by atoms with Crippen LogP contribution in [0.15, 0.2) is 66.8 Å². The van der Waals surface area contributed by atoms with Crippen LogP contribution in [-0.4, -0.2) is 22.1 Å². The maximum absolute atomic E-state index is 12.7. The van der Waals surface area contributed by atoms with Gasteiger partial charge in [0.1, 0.15) is 5.75 Å². The number of amides is 1. The Labute approximate surface area is 155 Å². The molecule has 1 aliphatic heterocycles. The van der Waals surface area contributed by atoms with Crippen molar-refractivity contribution in [3.63, 3.8) is 0 Å². The third-order valence-corrected chi connectivity index (χ3v) is 4.36. The van der Waals surface area contributed by atoms with Gasteiger partial charge < -0.3 is 14.6 Å². The number of fused-ring (bicyclic) bond motifs is 1. The number of rotatable bonds is 3. The number of benzene rings is 2. The lowest BCUT2D eigenvalue weighted by atomic mass is 10.1. The Kier molecular flexibility index (Phi) is 4.46. The number of anilines is 1. The molecule has 1 N–H and O–H groups in total. The van der Waals surface area contributed by atoms with Gasteiger partial charge in [-0.1, -0.05) is 17.7 Å². The predicted octanol–water partition coefficient (Wildman–Crippen LogP) is 4.33. The van der Waals surface area contributed by atoms with Crippen LogP contribution in [0.1, 0.15) is 12.0 Å². The van der Waals surface area contributed by atoms with E-state index >= 15 is 0 Å². The molecule has 2 aromatic carbocycles. The molecule has 26 heavy (non-hydrogen) atoms. The molecule has 0 atom stereocenters. The maximum atomic E-state index is 12.7. The van der Waals surface area contributed by atoms with Crippen molar-refractivity contribution in [2.24, 2.45) is 0 Å². The third kappa shape index (κ3) is 3.48. The highest BCUT2D eigenvalue weighted by Gasteiger charge is 2.16. The van der Waals surface area contributed by atoms with E-state index < -0.39 is 0 Å². The van der Waals surface area contributed by atoms with Crippen LogP contribution >= 0.6 is 11.6 Å². The van der Waals surface area contributed by atoms with Crippen LogP contribution in [0.3, 0.4) is 0 Å². The molecule has 2 heterocycles. The van der Waals surface area contributed by atoms with Gasteiger partial charge in [-0.15, -0.1) is 0 Å². The molecule has 5 nitrogen and oxygen atoms in total. The Balaban J connectivity index is 1.57. The van der Waals surface area contributed by atoms with Crippen LogP contribution in [0.25, 0.3) is 11.8 Å². The quantitative estimate of drug-likeness (QED) is 0.751. The summed E-state index contributed by atoms with van der Waals surface area (Å²) in [5.74, 6) is 0.587. The summed E-state index contributed by atoms with van der Waals surface area (Å²) < 4.78 is 7.58. The zero-order chi connectivity index (χ0) is 17.9. The van der Waals surface area contributed by atoms with Gasteiger partial charge in [0.05, 0.1) is 12.9 Å². The largest absolute Gasteiger partial charge is 0.493 e. The van der Waals surface area contributed by atoms with Crippen LogP contribution < -0.4 is 10.1 Å². The highest BCUT2D eigenvalue weighted by molar-refractivity contribution is 6.30. The van der Waals surface area contributed by atoms with Gasteiger partial charge in [0.15, 0.2) is 0 Å². The Morgan fingerprint density at radius 1 is 1.23 bits per heavy atom. The number of halogens is 1. The summed E-state index contributed by atoms with van der Waals surface area (Å²) >= 11 is 6.06. The SMILES string of the molecule is O=C(Nc1cccc(-n2ccnc2)c1)C1=Cc2cc(Cl)ccc2OCC1. The Bertz CT molecular complexity index is 980. The molecule has 0 radical (unpaired) electrons. The van der Waals surface area contributed by atoms with E-state index in [1.54, 1.807) is 24.7 Å². The van der Waals surface area contributed by atoms with E-state index in [1.165, 1.54) is 0 Å². The predicted molar refractivity (Wildman–Crippen MR) is 102 cm³/mol. The van der Waals surface area contributed by atoms with Crippen LogP contribution in [-0.2, 0) is 4.79 Å². The van der Waals surface area contributed by atoms with Crippen molar-refractivity contribution in [2.75, 3.05) is 11.9 Å². The molecule has 0 saturated carbocycles. The minimum absolute atomic E-state index is 0.149. The van der Waals surface area contributed by atoms with Gasteiger partial charge in [0.2, 0.25) is 0 Å². The van der Waals surface area contributed by atoms with Crippen molar-refractivity contribution in [1.29, 1.82) is 0 Å². The summed E-state index contributed by atoms with van der Waals surface area (Å²) in [5.41, 5.74) is 3.11. The van der Waals surface area contributed by atoms with E-state index in [2.05, 4.69) is 10.3 Å². The molecule has 1 amide bonds. The number of aromatic nitrogens is 2. The first kappa shape index (κ1) is 16.4. The fourth-order valence-electron chi connectivity index (χ4n) is 2.84. The first-order valence-electron chi connectivity index (χ1n) is 8.22. The molecule has 0 aliphatic carbocycles. The van der Waals surface area contributed by atoms with Crippen molar-refractivity contribution < 1.29 is 9.53 Å². The molecule has 0 unspecified atom stereocenters. The van der Waals surface area contributed by atoms with Crippen LogP contribution in [0.5, 0.6) is 5.75 Å². The van der Waals surface area contributed by atoms with Gasteiger partial charge in [0, 0.05) is 46.3 Å².